The van der Waals surface area contributed by atoms with E-state index in [1.165, 1.54) is 35.8 Å². The summed E-state index contributed by atoms with van der Waals surface area (Å²) in [4.78, 5) is 52.7. The fourth-order valence-electron chi connectivity index (χ4n) is 4.31. The highest BCUT2D eigenvalue weighted by molar-refractivity contribution is 8.00. The van der Waals surface area contributed by atoms with Gasteiger partial charge in [-0.2, -0.15) is 0 Å². The average Bonchev–Trinajstić information content (AvgIpc) is 2.90. The Bertz CT molecular complexity index is 1180. The molecule has 0 bridgehead atoms. The van der Waals surface area contributed by atoms with Gasteiger partial charge in [-0.1, -0.05) is 12.1 Å². The number of urea groups is 1. The van der Waals surface area contributed by atoms with Crippen LogP contribution in [0.4, 0.5) is 14.9 Å². The summed E-state index contributed by atoms with van der Waals surface area (Å²) in [5.74, 6) is -2.12. The average molecular weight is 530 g/mol. The van der Waals surface area contributed by atoms with Gasteiger partial charge in [0, 0.05) is 19.8 Å². The third-order valence-electron chi connectivity index (χ3n) is 6.23. The lowest BCUT2D eigenvalue weighted by atomic mass is 9.96. The summed E-state index contributed by atoms with van der Waals surface area (Å²) in [6.07, 6.45) is -1.10. The first-order chi connectivity index (χ1) is 17.7. The van der Waals surface area contributed by atoms with Gasteiger partial charge in [-0.25, -0.2) is 14.0 Å². The van der Waals surface area contributed by atoms with Crippen LogP contribution in [0.25, 0.3) is 0 Å². The van der Waals surface area contributed by atoms with Gasteiger partial charge in [0.25, 0.3) is 0 Å². The molecule has 0 aliphatic carbocycles. The smallest absolute Gasteiger partial charge is 0.338 e. The van der Waals surface area contributed by atoms with Crippen LogP contribution >= 0.6 is 11.8 Å². The highest BCUT2D eigenvalue weighted by Crippen LogP contribution is 2.34. The number of carbonyl (C=O) groups is 4. The predicted octanol–water partition coefficient (Wildman–Crippen LogP) is 2.36. The van der Waals surface area contributed by atoms with E-state index in [4.69, 9.17) is 4.74 Å². The molecule has 4 atom stereocenters. The van der Waals surface area contributed by atoms with Gasteiger partial charge >= 0.3 is 12.0 Å². The van der Waals surface area contributed by atoms with Gasteiger partial charge in [-0.05, 0) is 48.9 Å². The first-order valence-corrected chi connectivity index (χ1v) is 12.7. The second kappa shape index (κ2) is 11.3. The number of nitrogens with one attached hydrogen (secondary N) is 3. The fraction of sp³-hybridized carbons (Fsp3) is 0.360. The largest absolute Gasteiger partial charge is 0.462 e. The van der Waals surface area contributed by atoms with Crippen LogP contribution in [0.1, 0.15) is 29.0 Å². The van der Waals surface area contributed by atoms with E-state index < -0.39 is 35.6 Å². The zero-order valence-electron chi connectivity index (χ0n) is 20.6. The van der Waals surface area contributed by atoms with Crippen molar-refractivity contribution in [2.24, 2.45) is 5.92 Å². The van der Waals surface area contributed by atoms with Crippen molar-refractivity contribution in [3.63, 3.8) is 0 Å². The van der Waals surface area contributed by atoms with Crippen molar-refractivity contribution in [2.75, 3.05) is 31.8 Å². The van der Waals surface area contributed by atoms with Gasteiger partial charge in [-0.15, -0.1) is 11.8 Å². The molecule has 2 aromatic rings. The molecule has 196 valence electrons. The van der Waals surface area contributed by atoms with Crippen LogP contribution in [0.5, 0.6) is 0 Å². The Labute approximate surface area is 217 Å². The van der Waals surface area contributed by atoms with Gasteiger partial charge in [0.15, 0.2) is 0 Å². The number of nitrogens with zero attached hydrogens (tertiary/aromatic N) is 2. The number of ether oxygens (including phenoxy) is 1. The van der Waals surface area contributed by atoms with Crippen molar-refractivity contribution in [2.45, 2.75) is 24.6 Å². The number of hydrogen-bond acceptors (Lipinski definition) is 8. The Morgan fingerprint density at radius 2 is 1.73 bits per heavy atom. The van der Waals surface area contributed by atoms with E-state index >= 15 is 0 Å². The summed E-state index contributed by atoms with van der Waals surface area (Å²) in [7, 11) is 3.04. The molecule has 4 amide bonds. The maximum Gasteiger partial charge on any atom is 0.338 e. The summed E-state index contributed by atoms with van der Waals surface area (Å²) in [5, 5.41) is 8.87. The number of amides is 4. The Balaban J connectivity index is 1.47. The van der Waals surface area contributed by atoms with Crippen molar-refractivity contribution < 1.29 is 28.3 Å². The van der Waals surface area contributed by atoms with E-state index in [1.54, 1.807) is 50.4 Å². The fourth-order valence-corrected chi connectivity index (χ4v) is 5.42. The number of carbonyl (C=O) groups excluding carboxylic acids is 4. The molecule has 10 nitrogen and oxygen atoms in total. The minimum atomic E-state index is -0.661. The van der Waals surface area contributed by atoms with E-state index in [-0.39, 0.29) is 30.0 Å². The highest BCUT2D eigenvalue weighted by atomic mass is 32.2. The van der Waals surface area contributed by atoms with Crippen LogP contribution in [0, 0.1) is 11.7 Å². The number of anilines is 1. The normalized spacial score (nSPS) is 23.5. The third kappa shape index (κ3) is 5.76. The molecule has 2 aromatic carbocycles. The second-order valence-electron chi connectivity index (χ2n) is 8.66. The molecule has 2 fully saturated rings. The molecule has 2 saturated heterocycles. The lowest BCUT2D eigenvalue weighted by molar-refractivity contribution is -0.140. The topological polar surface area (TPSA) is 120 Å². The number of thioether (sulfide) groups is 1. The van der Waals surface area contributed by atoms with E-state index in [0.29, 0.717) is 11.3 Å². The number of fused-ring (bicyclic) bond motifs is 1. The van der Waals surface area contributed by atoms with E-state index in [0.717, 1.165) is 10.5 Å². The van der Waals surface area contributed by atoms with Gasteiger partial charge in [0.05, 0.1) is 41.5 Å². The lowest BCUT2D eigenvalue weighted by Gasteiger charge is -2.50. The highest BCUT2D eigenvalue weighted by Gasteiger charge is 2.51. The molecule has 2 aliphatic heterocycles. The summed E-state index contributed by atoms with van der Waals surface area (Å²) >= 11 is 1.24. The van der Waals surface area contributed by atoms with Gasteiger partial charge in [-0.3, -0.25) is 25.1 Å². The van der Waals surface area contributed by atoms with Crippen LogP contribution in [0.2, 0.25) is 0 Å². The Kier molecular flexibility index (Phi) is 8.10. The molecular formula is C25H28FN5O5S. The molecule has 2 aliphatic rings. The number of imide groups is 1. The van der Waals surface area contributed by atoms with Crippen LogP contribution in [-0.2, 0) is 14.3 Å². The monoisotopic (exact) mass is 529 g/mol. The lowest BCUT2D eigenvalue weighted by Crippen LogP contribution is -2.72. The van der Waals surface area contributed by atoms with Crippen molar-refractivity contribution in [3.8, 4) is 0 Å². The molecule has 0 saturated carbocycles. The first kappa shape index (κ1) is 26.6. The van der Waals surface area contributed by atoms with Crippen molar-refractivity contribution in [1.82, 2.24) is 20.4 Å². The minimum absolute atomic E-state index is 0.0192. The van der Waals surface area contributed by atoms with Crippen LogP contribution in [-0.4, -0.2) is 71.6 Å². The van der Waals surface area contributed by atoms with E-state index in [1.807, 2.05) is 0 Å². The van der Waals surface area contributed by atoms with E-state index in [2.05, 4.69) is 16.0 Å². The van der Waals surface area contributed by atoms with Crippen molar-refractivity contribution >= 4 is 41.3 Å². The molecular weight excluding hydrogens is 501 g/mol. The maximum absolute atomic E-state index is 13.5. The van der Waals surface area contributed by atoms with Gasteiger partial charge in [0.1, 0.15) is 5.82 Å². The third-order valence-corrected chi connectivity index (χ3v) is 7.45. The Hall–Kier alpha value is -3.48. The van der Waals surface area contributed by atoms with Gasteiger partial charge in [0.2, 0.25) is 11.8 Å². The molecule has 12 heteroatoms. The zero-order chi connectivity index (χ0) is 26.7. The first-order valence-electron chi connectivity index (χ1n) is 11.7. The summed E-state index contributed by atoms with van der Waals surface area (Å²) < 4.78 is 18.4. The SMILES string of the molecule is CCOC(=O)c1ccc(NC(=O)CSC2NC(c3ccc(F)cc3)NC3C2C(=O)N(C)C(=O)N3C)cc1. The number of esters is 1. The van der Waals surface area contributed by atoms with E-state index in [9.17, 15) is 23.6 Å². The molecule has 2 heterocycles. The quantitative estimate of drug-likeness (QED) is 0.468. The molecule has 4 unspecified atom stereocenters. The molecule has 0 radical (unpaired) electrons. The number of hydrogen-bond donors (Lipinski definition) is 3. The minimum Gasteiger partial charge on any atom is -0.462 e. The molecule has 37 heavy (non-hydrogen) atoms. The Morgan fingerprint density at radius 3 is 2.38 bits per heavy atom. The van der Waals surface area contributed by atoms with Crippen LogP contribution in [0.15, 0.2) is 48.5 Å². The standard InChI is InChI=1S/C25H28FN5O5S/c1-4-36-24(34)15-7-11-17(12-8-15)27-18(32)13-37-22-19-21(30(2)25(35)31(3)23(19)33)28-20(29-22)14-5-9-16(26)10-6-14/h5-12,19-22,28-29H,4,13H2,1-3H3,(H,27,32). The predicted molar refractivity (Wildman–Crippen MR) is 136 cm³/mol. The summed E-state index contributed by atoms with van der Waals surface area (Å²) in [6, 6.07) is 11.8. The molecule has 0 spiro atoms. The number of halogens is 1. The second-order valence-corrected chi connectivity index (χ2v) is 9.79. The van der Waals surface area contributed by atoms with Crippen molar-refractivity contribution in [3.05, 3.63) is 65.5 Å². The summed E-state index contributed by atoms with van der Waals surface area (Å²) in [6.45, 7) is 1.99. The molecule has 4 rings (SSSR count). The number of rotatable bonds is 7. The number of benzene rings is 2. The maximum atomic E-state index is 13.5. The van der Waals surface area contributed by atoms with Crippen molar-refractivity contribution in [1.29, 1.82) is 0 Å². The summed E-state index contributed by atoms with van der Waals surface area (Å²) in [5.41, 5.74) is 1.62. The van der Waals surface area contributed by atoms with Crippen LogP contribution in [0.3, 0.4) is 0 Å². The molecule has 3 N–H and O–H groups in total. The van der Waals surface area contributed by atoms with Crippen LogP contribution < -0.4 is 16.0 Å². The zero-order valence-corrected chi connectivity index (χ0v) is 21.4. The van der Waals surface area contributed by atoms with Gasteiger partial charge < -0.3 is 15.0 Å². The molecule has 0 aromatic heterocycles. The Morgan fingerprint density at radius 1 is 1.05 bits per heavy atom.